The van der Waals surface area contributed by atoms with E-state index in [1.54, 1.807) is 52.2 Å². The number of rotatable bonds is 31. The number of esters is 2. The molecule has 4 aromatic heterocycles. The van der Waals surface area contributed by atoms with Crippen LogP contribution in [-0.4, -0.2) is 179 Å². The number of carbonyl (C=O) groups excluding carboxylic acids is 4. The van der Waals surface area contributed by atoms with Gasteiger partial charge in [-0.15, -0.1) is 0 Å². The second-order valence-corrected chi connectivity index (χ2v) is 28.7. The summed E-state index contributed by atoms with van der Waals surface area (Å²) >= 11 is 0. The number of fused-ring (bicyclic) bond motifs is 2. The highest BCUT2D eigenvalue weighted by Gasteiger charge is 2.57. The van der Waals surface area contributed by atoms with E-state index in [0.29, 0.717) is 17.8 Å². The van der Waals surface area contributed by atoms with Gasteiger partial charge in [0.1, 0.15) is 53.3 Å². The summed E-state index contributed by atoms with van der Waals surface area (Å²) in [4.78, 5) is 74.4. The van der Waals surface area contributed by atoms with E-state index in [1.165, 1.54) is 85.9 Å². The Balaban J connectivity index is 0.000000235. The number of hydrogen-bond donors (Lipinski definition) is 9. The van der Waals surface area contributed by atoms with Crippen LogP contribution in [0.3, 0.4) is 0 Å². The fraction of sp³-hybridized carbons (Fsp3) is 0.515. The smallest absolute Gasteiger partial charge is 0.459 e. The molecule has 12 atom stereocenters. The van der Waals surface area contributed by atoms with Crippen molar-refractivity contribution >= 4 is 90.6 Å². The number of hydrogen-bond acceptors (Lipinski definition) is 26. The zero-order chi connectivity index (χ0) is 78.9. The lowest BCUT2D eigenvalue weighted by Crippen LogP contribution is -2.41. The number of amides is 2. The first kappa shape index (κ1) is 85.3. The first-order valence-electron chi connectivity index (χ1n) is 33.8. The van der Waals surface area contributed by atoms with Gasteiger partial charge in [0.15, 0.2) is 81.0 Å². The first-order chi connectivity index (χ1) is 50.6. The van der Waals surface area contributed by atoms with Crippen molar-refractivity contribution in [2.45, 2.75) is 180 Å². The summed E-state index contributed by atoms with van der Waals surface area (Å²) < 4.78 is 179. The van der Waals surface area contributed by atoms with Gasteiger partial charge in [-0.1, -0.05) is 75.9 Å². The molecule has 2 fully saturated rings. The van der Waals surface area contributed by atoms with Gasteiger partial charge in [0, 0.05) is 14.1 Å². The lowest BCUT2D eigenvalue weighted by atomic mass is 9.98. The van der Waals surface area contributed by atoms with Crippen LogP contribution in [-0.2, 0) is 51.7 Å². The van der Waals surface area contributed by atoms with E-state index in [9.17, 15) is 65.6 Å². The molecule has 2 aliphatic heterocycles. The molecule has 2 saturated heterocycles. The zero-order valence-corrected chi connectivity index (χ0v) is 62.1. The summed E-state index contributed by atoms with van der Waals surface area (Å²) in [5.74, 6) is -13.0. The minimum atomic E-state index is -5.04. The molecule has 7 aromatic rings. The molecule has 0 unspecified atom stereocenters. The van der Waals surface area contributed by atoms with Gasteiger partial charge in [0.05, 0.1) is 51.3 Å². The normalized spacial score (nSPS) is 21.4. The average Bonchev–Trinajstić information content (AvgIpc) is 1.72. The van der Waals surface area contributed by atoms with Gasteiger partial charge in [-0.2, -0.15) is 25.0 Å². The highest BCUT2D eigenvalue weighted by molar-refractivity contribution is 7.65. The summed E-state index contributed by atoms with van der Waals surface area (Å²) in [6.45, 7) is 14.7. The minimum absolute atomic E-state index is 0.0630. The van der Waals surface area contributed by atoms with E-state index >= 15 is 8.78 Å². The predicted octanol–water partition coefficient (Wildman–Crippen LogP) is 10.5. The van der Waals surface area contributed by atoms with E-state index in [2.05, 4.69) is 56.3 Å². The third-order valence-corrected chi connectivity index (χ3v) is 19.6. The van der Waals surface area contributed by atoms with E-state index in [4.69, 9.17) is 42.0 Å². The number of imidazole rings is 2. The largest absolute Gasteiger partial charge is 0.462 e. The van der Waals surface area contributed by atoms with Gasteiger partial charge >= 0.3 is 39.4 Å². The molecule has 9 N–H and O–H groups in total. The molecular weight excluding hydrogens is 1470 g/mol. The molecule has 3 aromatic carbocycles. The fourth-order valence-electron chi connectivity index (χ4n) is 10.4. The molecule has 0 radical (unpaired) electrons. The number of nitrogens with zero attached hydrogens (tertiary/aromatic N) is 8. The van der Waals surface area contributed by atoms with Crippen molar-refractivity contribution in [2.75, 3.05) is 61.8 Å². The van der Waals surface area contributed by atoms with Crippen molar-refractivity contribution in [3.8, 4) is 11.5 Å². The second kappa shape index (κ2) is 37.8. The summed E-state index contributed by atoms with van der Waals surface area (Å²) in [5, 5.41) is 44.1. The SMILES string of the molecule is CC(C)OC(=O)[C@H](C)N[P@](=O)(Oc1ccccc1)c1c(F)c(F)c(F)c(F)c1F.CCCCCOC(=O)Nc1nc(NC)c2ncn([C@@H]3O[C@H](CO)[C@@H](O)[C@@]3(C)F)c2n1.CCCCCOC(=O)Nc1nc(NC)c2ncn([C@@H]3O[C@H](CO[P@@](=O)(N[C@@H](C)C(=O)OC(C)C)Oc4ccccc4)[C@@H](O)[C@@]3(C)F)c2n1. The Kier molecular flexibility index (Phi) is 30.1. The summed E-state index contributed by atoms with van der Waals surface area (Å²) in [6.07, 6.45) is -3.20. The van der Waals surface area contributed by atoms with Crippen molar-refractivity contribution in [1.29, 1.82) is 0 Å². The highest BCUT2D eigenvalue weighted by atomic mass is 31.2. The number of aliphatic hydroxyl groups excluding tert-OH is 3. The average molecular weight is 1560 g/mol. The zero-order valence-electron chi connectivity index (χ0n) is 60.4. The maximum atomic E-state index is 16.3. The molecule has 107 heavy (non-hydrogen) atoms. The van der Waals surface area contributed by atoms with Crippen LogP contribution in [0.15, 0.2) is 73.3 Å². The van der Waals surface area contributed by atoms with E-state index in [0.717, 1.165) is 46.0 Å². The molecule has 9 rings (SSSR count). The van der Waals surface area contributed by atoms with Crippen molar-refractivity contribution < 1.29 is 116 Å². The predicted molar refractivity (Wildman–Crippen MR) is 373 cm³/mol. The van der Waals surface area contributed by atoms with Crippen LogP contribution in [0.1, 0.15) is 120 Å². The molecule has 41 heteroatoms. The molecule has 588 valence electrons. The third-order valence-electron chi connectivity index (χ3n) is 15.8. The quantitative estimate of drug-likeness (QED) is 0.00371. The van der Waals surface area contributed by atoms with Crippen LogP contribution in [0.25, 0.3) is 22.3 Å². The van der Waals surface area contributed by atoms with Gasteiger partial charge in [-0.25, -0.2) is 59.9 Å². The van der Waals surface area contributed by atoms with Crippen molar-refractivity contribution in [3.63, 3.8) is 0 Å². The number of aromatic nitrogens is 8. The lowest BCUT2D eigenvalue weighted by molar-refractivity contribution is -0.149. The van der Waals surface area contributed by atoms with E-state index < -0.39 is 159 Å². The standard InChI is InChI=1S/C30H43FN7O9P.C18H17F5NO4P.C18H27FN6O5/c1-7-8-12-15-43-29(41)36-28-34-24(32-6)22-25(35-28)38(17-33-22)27-30(5,31)23(39)21(46-27)16-44-48(42,47-20-13-10-9-11-14-20)37-19(4)26(40)45-18(2)3;1-9(2)27-18(25)10(3)24-29(26,28-11-7-5-4-6-8-11)17-15(22)13(20)12(19)14(21)16(17)23;1-4-5-6-7-29-17(28)24-16-22-13(20-3)11-14(23-16)25(9-21-11)15-18(2,19)12(27)10(8-26)30-15/h9-11,13-14,17-19,21,23,27,39H,7-8,12,15-16H2,1-6H3,(H,37,42)(H2,32,34,35,36,41);4-10H,1-3H3,(H,24,26);9-10,12,15,26-27H,4-8H2,1-3H3,(H2,20,22,23,24,28)/t19-,21+,23+,27+,30+,48-;10-,29+;10-,12-,15-,18-/m001/s1. The van der Waals surface area contributed by atoms with Crippen LogP contribution in [0.2, 0.25) is 0 Å². The van der Waals surface area contributed by atoms with Crippen LogP contribution >= 0.6 is 15.3 Å². The van der Waals surface area contributed by atoms with E-state index in [-0.39, 0.29) is 59.2 Å². The fourth-order valence-corrected chi connectivity index (χ4v) is 13.9. The molecule has 6 heterocycles. The monoisotopic (exact) mass is 1560 g/mol. The minimum Gasteiger partial charge on any atom is -0.462 e. The Hall–Kier alpha value is -8.91. The summed E-state index contributed by atoms with van der Waals surface area (Å²) in [5.41, 5.74) is -3.84. The number of aliphatic hydroxyl groups is 3. The Morgan fingerprint density at radius 3 is 1.39 bits per heavy atom. The number of alkyl halides is 2. The molecule has 2 aliphatic rings. The number of nitrogens with one attached hydrogen (secondary N) is 6. The molecular formula is C66H87F7N14O18P2. The third kappa shape index (κ3) is 21.3. The molecule has 2 amide bonds. The Bertz CT molecular complexity index is 4240. The van der Waals surface area contributed by atoms with Crippen LogP contribution < -0.4 is 45.8 Å². The Labute approximate surface area is 610 Å². The van der Waals surface area contributed by atoms with Gasteiger partial charge in [-0.05, 0) is 92.5 Å². The van der Waals surface area contributed by atoms with Crippen molar-refractivity contribution in [1.82, 2.24) is 49.2 Å². The lowest BCUT2D eigenvalue weighted by Gasteiger charge is -2.25. The van der Waals surface area contributed by atoms with Crippen LogP contribution in [0.4, 0.5) is 63.9 Å². The molecule has 0 aliphatic carbocycles. The number of ether oxygens (including phenoxy) is 6. The van der Waals surface area contributed by atoms with E-state index in [1.807, 2.05) is 18.9 Å². The summed E-state index contributed by atoms with van der Waals surface area (Å²) in [6, 6.07) is 12.4. The molecule has 32 nitrogen and oxygen atoms in total. The summed E-state index contributed by atoms with van der Waals surface area (Å²) in [7, 11) is -6.18. The number of anilines is 4. The number of para-hydroxylation sites is 2. The maximum absolute atomic E-state index is 16.3. The topological polar surface area (TPSA) is 406 Å². The first-order valence-corrected chi connectivity index (χ1v) is 37.0. The van der Waals surface area contributed by atoms with Gasteiger partial charge in [-0.3, -0.25) is 38.4 Å². The molecule has 0 saturated carbocycles. The van der Waals surface area contributed by atoms with Gasteiger partial charge in [0.2, 0.25) is 17.7 Å². The molecule has 0 bridgehead atoms. The maximum Gasteiger partial charge on any atom is 0.459 e. The van der Waals surface area contributed by atoms with Gasteiger partial charge in [0.25, 0.3) is 0 Å². The van der Waals surface area contributed by atoms with Crippen molar-refractivity contribution in [2.24, 2.45) is 0 Å². The van der Waals surface area contributed by atoms with Crippen LogP contribution in [0, 0.1) is 29.1 Å². The highest BCUT2D eigenvalue weighted by Crippen LogP contribution is 2.50. The van der Waals surface area contributed by atoms with Crippen molar-refractivity contribution in [3.05, 3.63) is 102 Å². The number of halogens is 7. The number of carbonyl (C=O) groups is 4. The Morgan fingerprint density at radius 1 is 0.589 bits per heavy atom. The molecule has 0 spiro atoms. The number of unbranched alkanes of at least 4 members (excludes halogenated alkanes) is 4. The van der Waals surface area contributed by atoms with Crippen LogP contribution in [0.5, 0.6) is 11.5 Å². The second-order valence-electron chi connectivity index (χ2n) is 25.0. The number of benzene rings is 3. The Morgan fingerprint density at radius 2 is 0.991 bits per heavy atom. The van der Waals surface area contributed by atoms with Gasteiger partial charge < -0.3 is 63.4 Å².